The van der Waals surface area contributed by atoms with Crippen LogP contribution in [0.3, 0.4) is 0 Å². The predicted molar refractivity (Wildman–Crippen MR) is 69.8 cm³/mol. The number of aromatic nitrogens is 1. The number of piperazine rings is 1. The molecule has 0 aromatic carbocycles. The standard InChI is InChI=1S/C11H14FN3O4S/c1-20(18,19)15-6-4-14(5-7-15)10-9(12)8(11(16)17)2-3-13-10/h2-3H,4-7H2,1H3,(H,16,17). The number of sulfonamides is 1. The van der Waals surface area contributed by atoms with Gasteiger partial charge in [-0.2, -0.15) is 4.31 Å². The molecule has 1 N–H and O–H groups in total. The summed E-state index contributed by atoms with van der Waals surface area (Å²) in [5, 5.41) is 8.86. The van der Waals surface area contributed by atoms with Crippen LogP contribution in [0.2, 0.25) is 0 Å². The average Bonchev–Trinajstić information content (AvgIpc) is 2.38. The summed E-state index contributed by atoms with van der Waals surface area (Å²) in [5.74, 6) is -2.31. The number of carbonyl (C=O) groups is 1. The number of aromatic carboxylic acids is 1. The van der Waals surface area contributed by atoms with E-state index in [2.05, 4.69) is 4.98 Å². The molecule has 1 aromatic heterocycles. The Hall–Kier alpha value is -1.74. The molecule has 9 heteroatoms. The van der Waals surface area contributed by atoms with Crippen molar-refractivity contribution in [2.24, 2.45) is 0 Å². The molecule has 0 saturated carbocycles. The zero-order chi connectivity index (χ0) is 14.9. The maximum atomic E-state index is 14.0. The monoisotopic (exact) mass is 303 g/mol. The second-order valence-corrected chi connectivity index (χ2v) is 6.43. The minimum atomic E-state index is -3.26. The van der Waals surface area contributed by atoms with Gasteiger partial charge in [0.1, 0.15) is 5.56 Å². The van der Waals surface area contributed by atoms with E-state index in [1.54, 1.807) is 4.90 Å². The molecule has 0 unspecified atom stereocenters. The van der Waals surface area contributed by atoms with Crippen LogP contribution in [0.1, 0.15) is 10.4 Å². The fourth-order valence-electron chi connectivity index (χ4n) is 2.05. The van der Waals surface area contributed by atoms with E-state index in [1.807, 2.05) is 0 Å². The largest absolute Gasteiger partial charge is 0.478 e. The Labute approximate surface area is 115 Å². The van der Waals surface area contributed by atoms with Gasteiger partial charge >= 0.3 is 5.97 Å². The van der Waals surface area contributed by atoms with Crippen LogP contribution in [0.15, 0.2) is 12.3 Å². The minimum Gasteiger partial charge on any atom is -0.478 e. The number of carboxylic acid groups (broad SMARTS) is 1. The van der Waals surface area contributed by atoms with Gasteiger partial charge in [-0.15, -0.1) is 0 Å². The van der Waals surface area contributed by atoms with Gasteiger partial charge in [-0.05, 0) is 6.07 Å². The van der Waals surface area contributed by atoms with Crippen molar-refractivity contribution in [3.63, 3.8) is 0 Å². The van der Waals surface area contributed by atoms with E-state index in [1.165, 1.54) is 10.5 Å². The molecule has 0 atom stereocenters. The molecule has 0 spiro atoms. The molecule has 1 saturated heterocycles. The highest BCUT2D eigenvalue weighted by atomic mass is 32.2. The van der Waals surface area contributed by atoms with E-state index in [4.69, 9.17) is 5.11 Å². The van der Waals surface area contributed by atoms with Gasteiger partial charge in [0.05, 0.1) is 6.26 Å². The van der Waals surface area contributed by atoms with E-state index in [0.717, 1.165) is 12.3 Å². The van der Waals surface area contributed by atoms with Crippen LogP contribution in [0.25, 0.3) is 0 Å². The van der Waals surface area contributed by atoms with E-state index >= 15 is 0 Å². The smallest absolute Gasteiger partial charge is 0.338 e. The minimum absolute atomic E-state index is 0.0574. The maximum absolute atomic E-state index is 14.0. The van der Waals surface area contributed by atoms with Gasteiger partial charge in [0.2, 0.25) is 10.0 Å². The lowest BCUT2D eigenvalue weighted by atomic mass is 10.2. The summed E-state index contributed by atoms with van der Waals surface area (Å²) < 4.78 is 38.1. The summed E-state index contributed by atoms with van der Waals surface area (Å²) in [5.41, 5.74) is -0.444. The Morgan fingerprint density at radius 1 is 1.35 bits per heavy atom. The highest BCUT2D eigenvalue weighted by Crippen LogP contribution is 2.21. The fraction of sp³-hybridized carbons (Fsp3) is 0.455. The van der Waals surface area contributed by atoms with Crippen LogP contribution in [-0.2, 0) is 10.0 Å². The number of rotatable bonds is 3. The highest BCUT2D eigenvalue weighted by Gasteiger charge is 2.27. The van der Waals surface area contributed by atoms with Crippen LogP contribution >= 0.6 is 0 Å². The average molecular weight is 303 g/mol. The van der Waals surface area contributed by atoms with E-state index in [9.17, 15) is 17.6 Å². The second-order valence-electron chi connectivity index (χ2n) is 4.45. The molecule has 2 heterocycles. The summed E-state index contributed by atoms with van der Waals surface area (Å²) in [6.45, 7) is 0.967. The number of hydrogen-bond acceptors (Lipinski definition) is 5. The van der Waals surface area contributed by atoms with Crippen LogP contribution in [0.5, 0.6) is 0 Å². The molecule has 2 rings (SSSR count). The first kappa shape index (κ1) is 14.7. The summed E-state index contributed by atoms with van der Waals surface area (Å²) in [6.07, 6.45) is 2.34. The SMILES string of the molecule is CS(=O)(=O)N1CCN(c2nccc(C(=O)O)c2F)CC1. The van der Waals surface area contributed by atoms with Crippen LogP contribution < -0.4 is 4.90 Å². The molecule has 110 valence electrons. The molecular formula is C11H14FN3O4S. The van der Waals surface area contributed by atoms with Crippen LogP contribution in [-0.4, -0.2) is 61.2 Å². The number of halogens is 1. The van der Waals surface area contributed by atoms with Crippen molar-refractivity contribution in [2.75, 3.05) is 37.3 Å². The van der Waals surface area contributed by atoms with Crippen molar-refractivity contribution >= 4 is 21.8 Å². The molecule has 1 aliphatic rings. The first-order valence-corrected chi connectivity index (χ1v) is 7.73. The molecule has 0 aliphatic carbocycles. The van der Waals surface area contributed by atoms with Crippen molar-refractivity contribution in [2.45, 2.75) is 0 Å². The van der Waals surface area contributed by atoms with Gasteiger partial charge < -0.3 is 10.0 Å². The first-order chi connectivity index (χ1) is 9.30. The summed E-state index contributed by atoms with van der Waals surface area (Å²) in [7, 11) is -3.26. The van der Waals surface area contributed by atoms with Crippen molar-refractivity contribution in [3.05, 3.63) is 23.6 Å². The van der Waals surface area contributed by atoms with E-state index < -0.39 is 27.4 Å². The Kier molecular flexibility index (Phi) is 3.91. The van der Waals surface area contributed by atoms with E-state index in [0.29, 0.717) is 0 Å². The Bertz CT molecular complexity index is 627. The lowest BCUT2D eigenvalue weighted by Crippen LogP contribution is -2.48. The number of carboxylic acids is 1. The number of hydrogen-bond donors (Lipinski definition) is 1. The molecule has 20 heavy (non-hydrogen) atoms. The maximum Gasteiger partial charge on any atom is 0.338 e. The van der Waals surface area contributed by atoms with Crippen molar-refractivity contribution in [1.29, 1.82) is 0 Å². The number of pyridine rings is 1. The predicted octanol–water partition coefficient (Wildman–Crippen LogP) is 0.000500. The molecule has 0 bridgehead atoms. The quantitative estimate of drug-likeness (QED) is 0.845. The first-order valence-electron chi connectivity index (χ1n) is 5.88. The number of nitrogens with zero attached hydrogens (tertiary/aromatic N) is 3. The summed E-state index contributed by atoms with van der Waals surface area (Å²) >= 11 is 0. The summed E-state index contributed by atoms with van der Waals surface area (Å²) in [6, 6.07) is 1.09. The lowest BCUT2D eigenvalue weighted by molar-refractivity contribution is 0.0691. The zero-order valence-electron chi connectivity index (χ0n) is 10.8. The molecule has 0 radical (unpaired) electrons. The lowest BCUT2D eigenvalue weighted by Gasteiger charge is -2.34. The molecule has 1 fully saturated rings. The van der Waals surface area contributed by atoms with Crippen LogP contribution in [0, 0.1) is 5.82 Å². The molecule has 7 nitrogen and oxygen atoms in total. The van der Waals surface area contributed by atoms with Gasteiger partial charge in [-0.3, -0.25) is 0 Å². The van der Waals surface area contributed by atoms with Gasteiger partial charge in [0.15, 0.2) is 11.6 Å². The second kappa shape index (κ2) is 5.33. The molecular weight excluding hydrogens is 289 g/mol. The normalized spacial score (nSPS) is 17.2. The van der Waals surface area contributed by atoms with Gasteiger partial charge in [0, 0.05) is 32.4 Å². The summed E-state index contributed by atoms with van der Waals surface area (Å²) in [4.78, 5) is 16.3. The number of anilines is 1. The molecule has 1 aliphatic heterocycles. The molecule has 0 amide bonds. The third-order valence-corrected chi connectivity index (χ3v) is 4.41. The van der Waals surface area contributed by atoms with E-state index in [-0.39, 0.29) is 32.0 Å². The van der Waals surface area contributed by atoms with Crippen molar-refractivity contribution in [3.8, 4) is 0 Å². The third kappa shape index (κ3) is 2.88. The van der Waals surface area contributed by atoms with Gasteiger partial charge in [0.25, 0.3) is 0 Å². The van der Waals surface area contributed by atoms with Gasteiger partial charge in [-0.1, -0.05) is 0 Å². The Morgan fingerprint density at radius 2 is 1.95 bits per heavy atom. The zero-order valence-corrected chi connectivity index (χ0v) is 11.6. The van der Waals surface area contributed by atoms with Gasteiger partial charge in [-0.25, -0.2) is 22.6 Å². The highest BCUT2D eigenvalue weighted by molar-refractivity contribution is 7.88. The topological polar surface area (TPSA) is 90.8 Å². The third-order valence-electron chi connectivity index (χ3n) is 3.11. The Morgan fingerprint density at radius 3 is 2.45 bits per heavy atom. The van der Waals surface area contributed by atoms with Crippen LogP contribution in [0.4, 0.5) is 10.2 Å². The fourth-order valence-corrected chi connectivity index (χ4v) is 2.88. The molecule has 1 aromatic rings. The Balaban J connectivity index is 2.19. The van der Waals surface area contributed by atoms with Crippen molar-refractivity contribution < 1.29 is 22.7 Å². The van der Waals surface area contributed by atoms with Crippen molar-refractivity contribution in [1.82, 2.24) is 9.29 Å².